The number of hydrogen-bond donors (Lipinski definition) is 1. The number of nitriles is 1. The van der Waals surface area contributed by atoms with Gasteiger partial charge in [0.1, 0.15) is 34.7 Å². The van der Waals surface area contributed by atoms with Crippen molar-refractivity contribution in [2.45, 2.75) is 26.4 Å². The topological polar surface area (TPSA) is 108 Å². The number of anilines is 2. The van der Waals surface area contributed by atoms with Crippen LogP contribution in [0.3, 0.4) is 0 Å². The number of nitrogens with one attached hydrogen (secondary N) is 1. The van der Waals surface area contributed by atoms with Gasteiger partial charge in [0.25, 0.3) is 0 Å². The first-order valence-corrected chi connectivity index (χ1v) is 8.12. The number of amides is 2. The van der Waals surface area contributed by atoms with Gasteiger partial charge in [-0.05, 0) is 31.9 Å². The summed E-state index contributed by atoms with van der Waals surface area (Å²) in [5.41, 5.74) is 1.47. The highest BCUT2D eigenvalue weighted by molar-refractivity contribution is 6.02. The number of ether oxygens (including phenoxy) is 1. The molecule has 1 aliphatic rings. The maximum absolute atomic E-state index is 12.6. The maximum atomic E-state index is 12.6. The van der Waals surface area contributed by atoms with Gasteiger partial charge in [-0.1, -0.05) is 6.07 Å². The second-order valence-electron chi connectivity index (χ2n) is 6.01. The lowest BCUT2D eigenvalue weighted by atomic mass is 10.2. The number of urea groups is 1. The van der Waals surface area contributed by atoms with E-state index in [1.807, 2.05) is 19.9 Å². The quantitative estimate of drug-likeness (QED) is 0.848. The van der Waals surface area contributed by atoms with Gasteiger partial charge in [-0.2, -0.15) is 5.26 Å². The highest BCUT2D eigenvalue weighted by atomic mass is 16.5. The lowest BCUT2D eigenvalue weighted by Gasteiger charge is -2.18. The molecule has 0 atom stereocenters. The van der Waals surface area contributed by atoms with Gasteiger partial charge in [-0.25, -0.2) is 14.8 Å². The van der Waals surface area contributed by atoms with Crippen LogP contribution in [0.1, 0.15) is 35.5 Å². The molecule has 0 radical (unpaired) electrons. The molecule has 0 unspecified atom stereocenters. The number of carbonyl (C=O) groups is 2. The molecular weight excluding hydrogens is 334 g/mol. The molecule has 0 saturated carbocycles. The van der Waals surface area contributed by atoms with Crippen molar-refractivity contribution in [3.8, 4) is 11.8 Å². The van der Waals surface area contributed by atoms with E-state index in [1.165, 1.54) is 17.2 Å². The Labute approximate surface area is 150 Å². The number of nitrogens with zero attached hydrogens (tertiary/aromatic N) is 4. The van der Waals surface area contributed by atoms with Crippen molar-refractivity contribution in [2.24, 2.45) is 0 Å². The Hall–Kier alpha value is -3.47. The summed E-state index contributed by atoms with van der Waals surface area (Å²) in [6.07, 6.45) is 2.54. The zero-order valence-electron chi connectivity index (χ0n) is 14.4. The van der Waals surface area contributed by atoms with Crippen molar-refractivity contribution in [1.82, 2.24) is 9.97 Å². The van der Waals surface area contributed by atoms with Gasteiger partial charge >= 0.3 is 6.03 Å². The Morgan fingerprint density at radius 1 is 1.46 bits per heavy atom. The molecular formula is C18H17N5O3. The summed E-state index contributed by atoms with van der Waals surface area (Å²) in [7, 11) is 0. The summed E-state index contributed by atoms with van der Waals surface area (Å²) >= 11 is 0. The number of fused-ring (bicyclic) bond motifs is 1. The predicted octanol–water partition coefficient (Wildman–Crippen LogP) is 2.54. The van der Waals surface area contributed by atoms with Crippen LogP contribution in [-0.2, 0) is 6.42 Å². The number of hydrogen-bond acceptors (Lipinski definition) is 6. The van der Waals surface area contributed by atoms with E-state index in [4.69, 9.17) is 10.00 Å². The van der Waals surface area contributed by atoms with Crippen LogP contribution in [0.25, 0.3) is 0 Å². The van der Waals surface area contributed by atoms with Gasteiger partial charge in [0.05, 0.1) is 12.3 Å². The zero-order valence-corrected chi connectivity index (χ0v) is 14.4. The van der Waals surface area contributed by atoms with E-state index < -0.39 is 6.03 Å². The normalized spacial score (nSPS) is 12.5. The van der Waals surface area contributed by atoms with Crippen molar-refractivity contribution in [2.75, 3.05) is 16.8 Å². The Bertz CT molecular complexity index is 904. The minimum atomic E-state index is -0.410. The van der Waals surface area contributed by atoms with Crippen LogP contribution in [0.2, 0.25) is 0 Å². The van der Waals surface area contributed by atoms with E-state index in [9.17, 15) is 9.59 Å². The lowest BCUT2D eigenvalue weighted by molar-refractivity contribution is 0.111. The molecule has 3 rings (SSSR count). The summed E-state index contributed by atoms with van der Waals surface area (Å²) < 4.78 is 5.59. The summed E-state index contributed by atoms with van der Waals surface area (Å²) in [5.74, 6) is 1.10. The largest absolute Gasteiger partial charge is 0.489 e. The van der Waals surface area contributed by atoms with Crippen molar-refractivity contribution in [1.29, 1.82) is 5.26 Å². The molecule has 8 heteroatoms. The lowest BCUT2D eigenvalue weighted by Crippen LogP contribution is -2.34. The highest BCUT2D eigenvalue weighted by Crippen LogP contribution is 2.27. The first-order valence-electron chi connectivity index (χ1n) is 8.12. The summed E-state index contributed by atoms with van der Waals surface area (Å²) in [6, 6.07) is 6.54. The maximum Gasteiger partial charge on any atom is 0.328 e. The molecule has 26 heavy (non-hydrogen) atoms. The van der Waals surface area contributed by atoms with E-state index in [0.29, 0.717) is 36.4 Å². The van der Waals surface area contributed by atoms with E-state index in [-0.39, 0.29) is 17.6 Å². The van der Waals surface area contributed by atoms with Gasteiger partial charge in [-0.3, -0.25) is 15.0 Å². The average Bonchev–Trinajstić information content (AvgIpc) is 3.04. The van der Waals surface area contributed by atoms with Crippen LogP contribution in [0.5, 0.6) is 5.75 Å². The van der Waals surface area contributed by atoms with Gasteiger partial charge in [0.15, 0.2) is 6.29 Å². The van der Waals surface area contributed by atoms with E-state index in [1.54, 1.807) is 12.1 Å². The van der Waals surface area contributed by atoms with Crippen LogP contribution in [0.4, 0.5) is 16.4 Å². The standard InChI is InChI=1S/C18H17N5O3/c1-11(2)26-15-7-16(20-9-13(15)8-19)22-18(25)23-6-5-12-3-4-14(10-24)21-17(12)23/h3-4,7,9-11H,5-6H2,1-2H3,(H,20,22,25). The van der Waals surface area contributed by atoms with Crippen LogP contribution >= 0.6 is 0 Å². The third-order valence-electron chi connectivity index (χ3n) is 3.79. The van der Waals surface area contributed by atoms with Crippen LogP contribution in [0, 0.1) is 11.3 Å². The molecule has 0 aliphatic carbocycles. The first kappa shape index (κ1) is 17.4. The van der Waals surface area contributed by atoms with Crippen LogP contribution < -0.4 is 15.0 Å². The molecule has 0 saturated heterocycles. The van der Waals surface area contributed by atoms with Crippen molar-refractivity contribution >= 4 is 24.0 Å². The third kappa shape index (κ3) is 3.47. The number of aldehydes is 1. The Morgan fingerprint density at radius 3 is 2.96 bits per heavy atom. The molecule has 1 N–H and O–H groups in total. The highest BCUT2D eigenvalue weighted by Gasteiger charge is 2.27. The summed E-state index contributed by atoms with van der Waals surface area (Å²) in [6.45, 7) is 4.15. The molecule has 0 bridgehead atoms. The van der Waals surface area contributed by atoms with Gasteiger partial charge in [0.2, 0.25) is 0 Å². The molecule has 2 aromatic rings. The van der Waals surface area contributed by atoms with Gasteiger partial charge in [-0.15, -0.1) is 0 Å². The van der Waals surface area contributed by atoms with E-state index in [0.717, 1.165) is 5.56 Å². The fourth-order valence-corrected chi connectivity index (χ4v) is 2.64. The molecule has 2 aromatic heterocycles. The molecule has 1 aliphatic heterocycles. The van der Waals surface area contributed by atoms with Gasteiger partial charge in [0, 0.05) is 12.6 Å². The number of aromatic nitrogens is 2. The Morgan fingerprint density at radius 2 is 2.27 bits per heavy atom. The number of pyridine rings is 2. The van der Waals surface area contributed by atoms with Crippen molar-refractivity contribution in [3.63, 3.8) is 0 Å². The fraction of sp³-hybridized carbons (Fsp3) is 0.278. The predicted molar refractivity (Wildman–Crippen MR) is 94.4 cm³/mol. The zero-order chi connectivity index (χ0) is 18.7. The van der Waals surface area contributed by atoms with Crippen molar-refractivity contribution < 1.29 is 14.3 Å². The molecule has 2 amide bonds. The molecule has 0 aromatic carbocycles. The van der Waals surface area contributed by atoms with Crippen LogP contribution in [0.15, 0.2) is 24.4 Å². The average molecular weight is 351 g/mol. The second kappa shape index (κ2) is 7.19. The Kier molecular flexibility index (Phi) is 4.80. The SMILES string of the molecule is CC(C)Oc1cc(NC(=O)N2CCc3ccc(C=O)nc32)ncc1C#N. The van der Waals surface area contributed by atoms with E-state index >= 15 is 0 Å². The van der Waals surface area contributed by atoms with Crippen LogP contribution in [-0.4, -0.2) is 34.9 Å². The minimum absolute atomic E-state index is 0.121. The molecule has 0 fully saturated rings. The number of rotatable bonds is 4. The summed E-state index contributed by atoms with van der Waals surface area (Å²) in [5, 5.41) is 11.8. The third-order valence-corrected chi connectivity index (χ3v) is 3.79. The second-order valence-corrected chi connectivity index (χ2v) is 6.01. The molecule has 0 spiro atoms. The Balaban J connectivity index is 1.82. The summed E-state index contributed by atoms with van der Waals surface area (Å²) in [4.78, 5) is 33.3. The number of carbonyl (C=O) groups excluding carboxylic acids is 2. The molecule has 3 heterocycles. The monoisotopic (exact) mass is 351 g/mol. The van der Waals surface area contributed by atoms with Gasteiger partial charge < -0.3 is 4.74 Å². The van der Waals surface area contributed by atoms with E-state index in [2.05, 4.69) is 15.3 Å². The van der Waals surface area contributed by atoms with Crippen molar-refractivity contribution in [3.05, 3.63) is 41.2 Å². The molecule has 132 valence electrons. The minimum Gasteiger partial charge on any atom is -0.489 e. The molecule has 8 nitrogen and oxygen atoms in total. The first-order chi connectivity index (χ1) is 12.5. The fourth-order valence-electron chi connectivity index (χ4n) is 2.64. The smallest absolute Gasteiger partial charge is 0.328 e.